The fourth-order valence-corrected chi connectivity index (χ4v) is 3.96. The van der Waals surface area contributed by atoms with Gasteiger partial charge in [-0.1, -0.05) is 31.1 Å². The van der Waals surface area contributed by atoms with Crippen molar-refractivity contribution < 1.29 is 0 Å². The maximum atomic E-state index is 2.51. The van der Waals surface area contributed by atoms with Crippen LogP contribution < -0.4 is 0 Å². The van der Waals surface area contributed by atoms with Crippen LogP contribution in [0.1, 0.15) is 33.1 Å². The molecule has 0 atom stereocenters. The summed E-state index contributed by atoms with van der Waals surface area (Å²) in [7, 11) is 3.99. The molecule has 1 rings (SSSR count). The number of nitrogens with zero attached hydrogens (tertiary/aromatic N) is 1. The average Bonchev–Trinajstić information content (AvgIpc) is 2.05. The molecule has 72 valence electrons. The molecule has 0 aromatic rings. The van der Waals surface area contributed by atoms with Crippen molar-refractivity contribution in [2.24, 2.45) is 5.92 Å². The predicted octanol–water partition coefficient (Wildman–Crippen LogP) is 3.42. The predicted molar refractivity (Wildman–Crippen MR) is 60.3 cm³/mol. The molecule has 0 unspecified atom stereocenters. The van der Waals surface area contributed by atoms with E-state index < -0.39 is 0 Å². The Morgan fingerprint density at radius 1 is 1.17 bits per heavy atom. The van der Waals surface area contributed by atoms with E-state index in [-0.39, 0.29) is 0 Å². The maximum absolute atomic E-state index is 2.51. The molecule has 0 aromatic heterocycles. The summed E-state index contributed by atoms with van der Waals surface area (Å²) in [6.45, 7) is 7.17. The zero-order valence-corrected chi connectivity index (χ0v) is 9.72. The summed E-state index contributed by atoms with van der Waals surface area (Å²) in [5, 5.41) is 0. The molecule has 1 saturated heterocycles. The molecule has 0 radical (unpaired) electrons. The molecule has 0 N–H and O–H groups in total. The molecule has 0 aromatic carbocycles. The molecule has 1 aliphatic heterocycles. The summed E-state index contributed by atoms with van der Waals surface area (Å²) in [6, 6.07) is 0. The van der Waals surface area contributed by atoms with Crippen molar-refractivity contribution in [1.29, 1.82) is 0 Å². The zero-order chi connectivity index (χ0) is 8.81. The van der Waals surface area contributed by atoms with Crippen LogP contribution in [0.3, 0.4) is 0 Å². The van der Waals surface area contributed by atoms with Gasteiger partial charge in [-0.05, 0) is 29.7 Å². The van der Waals surface area contributed by atoms with Crippen LogP contribution in [0.15, 0.2) is 0 Å². The van der Waals surface area contributed by atoms with Gasteiger partial charge in [0.1, 0.15) is 0 Å². The largest absolute Gasteiger partial charge is 0.241 e. The molecule has 0 saturated carbocycles. The Hall–Kier alpha value is 0.660. The lowest BCUT2D eigenvalue weighted by atomic mass is 10.2. The van der Waals surface area contributed by atoms with Crippen LogP contribution in [0.5, 0.6) is 0 Å². The standard InChI is InChI=1S/C9H19NS2/c1-9(2)8-11-12-10-6-4-3-5-7-10/h9H,3-8H2,1-2H3. The second-order valence-corrected chi connectivity index (χ2v) is 6.13. The van der Waals surface area contributed by atoms with E-state index in [1.165, 1.54) is 38.1 Å². The highest BCUT2D eigenvalue weighted by molar-refractivity contribution is 8.75. The van der Waals surface area contributed by atoms with Crippen molar-refractivity contribution in [3.05, 3.63) is 0 Å². The Morgan fingerprint density at radius 3 is 2.42 bits per heavy atom. The van der Waals surface area contributed by atoms with Crippen LogP contribution in [-0.2, 0) is 0 Å². The summed E-state index contributed by atoms with van der Waals surface area (Å²) in [6.07, 6.45) is 4.23. The lowest BCUT2D eigenvalue weighted by molar-refractivity contribution is 0.383. The average molecular weight is 205 g/mol. The lowest BCUT2D eigenvalue weighted by Crippen LogP contribution is -2.22. The third kappa shape index (κ3) is 4.63. The van der Waals surface area contributed by atoms with Crippen LogP contribution in [0.25, 0.3) is 0 Å². The topological polar surface area (TPSA) is 3.24 Å². The first-order valence-corrected chi connectivity index (χ1v) is 7.11. The molecule has 1 fully saturated rings. The van der Waals surface area contributed by atoms with Gasteiger partial charge in [-0.15, -0.1) is 0 Å². The lowest BCUT2D eigenvalue weighted by Gasteiger charge is -2.24. The van der Waals surface area contributed by atoms with Crippen molar-refractivity contribution in [2.45, 2.75) is 33.1 Å². The van der Waals surface area contributed by atoms with Gasteiger partial charge in [0.15, 0.2) is 0 Å². The first kappa shape index (κ1) is 10.7. The van der Waals surface area contributed by atoms with E-state index in [4.69, 9.17) is 0 Å². The fraction of sp³-hybridized carbons (Fsp3) is 1.00. The number of rotatable bonds is 4. The van der Waals surface area contributed by atoms with E-state index in [1.807, 2.05) is 21.8 Å². The monoisotopic (exact) mass is 205 g/mol. The van der Waals surface area contributed by atoms with E-state index >= 15 is 0 Å². The molecular formula is C9H19NS2. The number of hydrogen-bond acceptors (Lipinski definition) is 3. The summed E-state index contributed by atoms with van der Waals surface area (Å²) < 4.78 is 2.51. The van der Waals surface area contributed by atoms with Crippen molar-refractivity contribution >= 4 is 21.8 Å². The fourth-order valence-electron chi connectivity index (χ4n) is 1.18. The van der Waals surface area contributed by atoms with Crippen molar-refractivity contribution in [1.82, 2.24) is 4.31 Å². The van der Waals surface area contributed by atoms with Crippen LogP contribution in [0.2, 0.25) is 0 Å². The van der Waals surface area contributed by atoms with Gasteiger partial charge < -0.3 is 0 Å². The molecule has 0 amide bonds. The Bertz CT molecular complexity index is 111. The van der Waals surface area contributed by atoms with Gasteiger partial charge in [-0.3, -0.25) is 0 Å². The SMILES string of the molecule is CC(C)CSSN1CCCCC1. The van der Waals surface area contributed by atoms with Crippen molar-refractivity contribution in [3.8, 4) is 0 Å². The Balaban J connectivity index is 1.98. The van der Waals surface area contributed by atoms with Gasteiger partial charge in [0.2, 0.25) is 0 Å². The molecule has 1 heterocycles. The molecular weight excluding hydrogens is 186 g/mol. The zero-order valence-electron chi connectivity index (χ0n) is 8.08. The number of piperidine rings is 1. The Kier molecular flexibility index (Phi) is 5.52. The Morgan fingerprint density at radius 2 is 1.83 bits per heavy atom. The van der Waals surface area contributed by atoms with E-state index in [2.05, 4.69) is 18.2 Å². The highest BCUT2D eigenvalue weighted by Gasteiger charge is 2.10. The molecule has 0 aliphatic carbocycles. The van der Waals surface area contributed by atoms with Crippen LogP contribution >= 0.6 is 21.8 Å². The van der Waals surface area contributed by atoms with Crippen molar-refractivity contribution in [3.63, 3.8) is 0 Å². The molecule has 0 spiro atoms. The quantitative estimate of drug-likeness (QED) is 0.511. The minimum absolute atomic E-state index is 0.826. The van der Waals surface area contributed by atoms with Crippen LogP contribution in [0, 0.1) is 5.92 Å². The summed E-state index contributed by atoms with van der Waals surface area (Å²) >= 11 is 0. The van der Waals surface area contributed by atoms with Gasteiger partial charge in [-0.2, -0.15) is 0 Å². The maximum Gasteiger partial charge on any atom is 0.00972 e. The molecule has 0 bridgehead atoms. The second-order valence-electron chi connectivity index (χ2n) is 3.74. The van der Waals surface area contributed by atoms with E-state index in [0.717, 1.165) is 5.92 Å². The normalized spacial score (nSPS) is 20.2. The molecule has 3 heteroatoms. The van der Waals surface area contributed by atoms with Gasteiger partial charge in [0.05, 0.1) is 0 Å². The van der Waals surface area contributed by atoms with Crippen molar-refractivity contribution in [2.75, 3.05) is 18.8 Å². The summed E-state index contributed by atoms with van der Waals surface area (Å²) in [4.78, 5) is 0. The van der Waals surface area contributed by atoms with Crippen LogP contribution in [0.4, 0.5) is 0 Å². The van der Waals surface area contributed by atoms with E-state index in [9.17, 15) is 0 Å². The Labute approximate surface area is 84.2 Å². The summed E-state index contributed by atoms with van der Waals surface area (Å²) in [5.41, 5.74) is 0. The van der Waals surface area contributed by atoms with Crippen LogP contribution in [-0.4, -0.2) is 23.1 Å². The van der Waals surface area contributed by atoms with Gasteiger partial charge in [-0.25, -0.2) is 4.31 Å². The third-order valence-corrected chi connectivity index (χ3v) is 4.72. The van der Waals surface area contributed by atoms with Gasteiger partial charge >= 0.3 is 0 Å². The van der Waals surface area contributed by atoms with E-state index in [0.29, 0.717) is 0 Å². The minimum atomic E-state index is 0.826. The minimum Gasteiger partial charge on any atom is -0.241 e. The molecule has 12 heavy (non-hydrogen) atoms. The first-order valence-electron chi connectivity index (χ1n) is 4.83. The first-order chi connectivity index (χ1) is 5.79. The smallest absolute Gasteiger partial charge is 0.00972 e. The third-order valence-electron chi connectivity index (χ3n) is 1.87. The highest BCUT2D eigenvalue weighted by Crippen LogP contribution is 2.30. The summed E-state index contributed by atoms with van der Waals surface area (Å²) in [5.74, 6) is 2.11. The number of hydrogen-bond donors (Lipinski definition) is 0. The van der Waals surface area contributed by atoms with Gasteiger partial charge in [0.25, 0.3) is 0 Å². The van der Waals surface area contributed by atoms with E-state index in [1.54, 1.807) is 0 Å². The van der Waals surface area contributed by atoms with Gasteiger partial charge in [0, 0.05) is 18.8 Å². The second kappa shape index (κ2) is 6.17. The highest BCUT2D eigenvalue weighted by atomic mass is 33.1. The molecule has 1 nitrogen and oxygen atoms in total. The molecule has 1 aliphatic rings.